The van der Waals surface area contributed by atoms with Crippen LogP contribution in [0.2, 0.25) is 0 Å². The third-order valence-electron chi connectivity index (χ3n) is 5.25. The van der Waals surface area contributed by atoms with Gasteiger partial charge < -0.3 is 23.8 Å². The Kier molecular flexibility index (Phi) is 7.22. The monoisotopic (exact) mass is 411 g/mol. The van der Waals surface area contributed by atoms with E-state index < -0.39 is 0 Å². The molecular formula is C24H29NO5. The molecule has 1 saturated heterocycles. The number of carbonyl (C=O) groups excluding carboxylic acids is 1. The number of carbonyl (C=O) groups is 1. The van der Waals surface area contributed by atoms with Crippen molar-refractivity contribution in [2.24, 2.45) is 0 Å². The smallest absolute Gasteiger partial charge is 0.247 e. The third-order valence-corrected chi connectivity index (χ3v) is 5.25. The van der Waals surface area contributed by atoms with E-state index in [2.05, 4.69) is 0 Å². The fourth-order valence-electron chi connectivity index (χ4n) is 3.77. The predicted molar refractivity (Wildman–Crippen MR) is 116 cm³/mol. The number of rotatable bonds is 8. The molecule has 6 nitrogen and oxygen atoms in total. The Morgan fingerprint density at radius 1 is 1.03 bits per heavy atom. The number of methoxy groups -OCH3 is 3. The van der Waals surface area contributed by atoms with Crippen molar-refractivity contribution in [2.45, 2.75) is 25.8 Å². The highest BCUT2D eigenvalue weighted by atomic mass is 16.5. The summed E-state index contributed by atoms with van der Waals surface area (Å²) in [6.45, 7) is 3.34. The third kappa shape index (κ3) is 4.70. The number of nitrogens with zero attached hydrogens (tertiary/aromatic N) is 1. The number of hydrogen-bond acceptors (Lipinski definition) is 5. The van der Waals surface area contributed by atoms with E-state index in [0.717, 1.165) is 36.3 Å². The Balaban J connectivity index is 1.78. The second kappa shape index (κ2) is 10.1. The second-order valence-electron chi connectivity index (χ2n) is 6.97. The van der Waals surface area contributed by atoms with Crippen LogP contribution >= 0.6 is 0 Å². The lowest BCUT2D eigenvalue weighted by Gasteiger charge is -2.24. The topological polar surface area (TPSA) is 57.2 Å². The van der Waals surface area contributed by atoms with Crippen LogP contribution in [0.15, 0.2) is 42.5 Å². The maximum absolute atomic E-state index is 13.0. The van der Waals surface area contributed by atoms with Crippen LogP contribution in [0, 0.1) is 0 Å². The summed E-state index contributed by atoms with van der Waals surface area (Å²) in [6, 6.07) is 11.6. The molecule has 2 aromatic rings. The van der Waals surface area contributed by atoms with E-state index in [-0.39, 0.29) is 11.9 Å². The fourth-order valence-corrected chi connectivity index (χ4v) is 3.77. The second-order valence-corrected chi connectivity index (χ2v) is 6.97. The minimum Gasteiger partial charge on any atom is -0.496 e. The van der Waals surface area contributed by atoms with Gasteiger partial charge in [0.25, 0.3) is 0 Å². The summed E-state index contributed by atoms with van der Waals surface area (Å²) >= 11 is 0. The van der Waals surface area contributed by atoms with E-state index in [1.54, 1.807) is 45.6 Å². The quantitative estimate of drug-likeness (QED) is 0.599. The summed E-state index contributed by atoms with van der Waals surface area (Å²) in [4.78, 5) is 14.9. The van der Waals surface area contributed by atoms with E-state index >= 15 is 0 Å². The number of likely N-dealkylation sites (tertiary alicyclic amines) is 1. The van der Waals surface area contributed by atoms with Gasteiger partial charge in [-0.05, 0) is 49.6 Å². The molecule has 1 amide bonds. The molecule has 0 bridgehead atoms. The standard InChI is InChI=1S/C24H29NO5/c1-5-30-19-11-8-17(9-12-19)20-7-6-14-25(20)24(26)13-10-18-15-22(28-3)23(29-4)16-21(18)27-2/h8-13,15-16,20H,5-7,14H2,1-4H3/b13-10+. The molecule has 0 saturated carbocycles. The van der Waals surface area contributed by atoms with Crippen LogP contribution in [0.25, 0.3) is 6.08 Å². The van der Waals surface area contributed by atoms with Gasteiger partial charge in [0.15, 0.2) is 11.5 Å². The van der Waals surface area contributed by atoms with Crippen molar-refractivity contribution in [3.63, 3.8) is 0 Å². The first kappa shape index (κ1) is 21.6. The van der Waals surface area contributed by atoms with Gasteiger partial charge in [0, 0.05) is 24.3 Å². The summed E-state index contributed by atoms with van der Waals surface area (Å²) in [5.41, 5.74) is 1.88. The number of hydrogen-bond donors (Lipinski definition) is 0. The minimum absolute atomic E-state index is 0.0248. The summed E-state index contributed by atoms with van der Waals surface area (Å²) in [5.74, 6) is 2.59. The van der Waals surface area contributed by atoms with Gasteiger partial charge >= 0.3 is 0 Å². The van der Waals surface area contributed by atoms with Crippen molar-refractivity contribution >= 4 is 12.0 Å². The van der Waals surface area contributed by atoms with Crippen molar-refractivity contribution in [1.82, 2.24) is 4.90 Å². The van der Waals surface area contributed by atoms with Crippen LogP contribution in [0.1, 0.15) is 36.9 Å². The van der Waals surface area contributed by atoms with E-state index in [0.29, 0.717) is 23.9 Å². The van der Waals surface area contributed by atoms with Crippen molar-refractivity contribution in [3.8, 4) is 23.0 Å². The van der Waals surface area contributed by atoms with Crippen molar-refractivity contribution in [2.75, 3.05) is 34.5 Å². The molecule has 0 aromatic heterocycles. The summed E-state index contributed by atoms with van der Waals surface area (Å²) < 4.78 is 21.6. The van der Waals surface area contributed by atoms with Crippen molar-refractivity contribution in [3.05, 3.63) is 53.6 Å². The van der Waals surface area contributed by atoms with Crippen LogP contribution in [-0.2, 0) is 4.79 Å². The Hall–Kier alpha value is -3.15. The zero-order chi connectivity index (χ0) is 21.5. The summed E-state index contributed by atoms with van der Waals surface area (Å²) in [5, 5.41) is 0. The van der Waals surface area contributed by atoms with Gasteiger partial charge in [0.1, 0.15) is 11.5 Å². The van der Waals surface area contributed by atoms with Crippen LogP contribution in [0.3, 0.4) is 0 Å². The van der Waals surface area contributed by atoms with Crippen molar-refractivity contribution < 1.29 is 23.7 Å². The lowest BCUT2D eigenvalue weighted by atomic mass is 10.0. The molecule has 1 fully saturated rings. The molecule has 0 N–H and O–H groups in total. The highest BCUT2D eigenvalue weighted by Gasteiger charge is 2.28. The summed E-state index contributed by atoms with van der Waals surface area (Å²) in [7, 11) is 4.74. The molecule has 30 heavy (non-hydrogen) atoms. The average molecular weight is 411 g/mol. The van der Waals surface area contributed by atoms with Gasteiger partial charge in [-0.1, -0.05) is 12.1 Å². The fraction of sp³-hybridized carbons (Fsp3) is 0.375. The molecule has 0 radical (unpaired) electrons. The average Bonchev–Trinajstić information content (AvgIpc) is 3.27. The molecule has 1 aliphatic rings. The van der Waals surface area contributed by atoms with Crippen LogP contribution in [0.4, 0.5) is 0 Å². The van der Waals surface area contributed by atoms with E-state index in [1.165, 1.54) is 0 Å². The molecule has 0 spiro atoms. The highest BCUT2D eigenvalue weighted by Crippen LogP contribution is 2.36. The first-order valence-corrected chi connectivity index (χ1v) is 10.1. The maximum Gasteiger partial charge on any atom is 0.247 e. The van der Waals surface area contributed by atoms with Crippen LogP contribution < -0.4 is 18.9 Å². The zero-order valence-electron chi connectivity index (χ0n) is 18.0. The molecule has 160 valence electrons. The van der Waals surface area contributed by atoms with Gasteiger partial charge in [-0.3, -0.25) is 4.79 Å². The largest absolute Gasteiger partial charge is 0.496 e. The lowest BCUT2D eigenvalue weighted by molar-refractivity contribution is -0.126. The Morgan fingerprint density at radius 2 is 1.70 bits per heavy atom. The molecule has 3 rings (SSSR count). The predicted octanol–water partition coefficient (Wildman–Crippen LogP) is 4.49. The maximum atomic E-state index is 13.0. The van der Waals surface area contributed by atoms with E-state index in [9.17, 15) is 4.79 Å². The number of ether oxygens (including phenoxy) is 4. The Bertz CT molecular complexity index is 891. The molecule has 2 aromatic carbocycles. The van der Waals surface area contributed by atoms with E-state index in [1.807, 2.05) is 36.1 Å². The Morgan fingerprint density at radius 3 is 2.33 bits per heavy atom. The van der Waals surface area contributed by atoms with Gasteiger partial charge in [-0.15, -0.1) is 0 Å². The van der Waals surface area contributed by atoms with Gasteiger partial charge in [0.2, 0.25) is 5.91 Å². The van der Waals surface area contributed by atoms with Crippen LogP contribution in [-0.4, -0.2) is 45.3 Å². The lowest BCUT2D eigenvalue weighted by Crippen LogP contribution is -2.28. The molecule has 1 atom stereocenters. The van der Waals surface area contributed by atoms with Crippen LogP contribution in [0.5, 0.6) is 23.0 Å². The molecular weight excluding hydrogens is 382 g/mol. The Labute approximate surface area is 178 Å². The van der Waals surface area contributed by atoms with Gasteiger partial charge in [-0.2, -0.15) is 0 Å². The minimum atomic E-state index is -0.0248. The van der Waals surface area contributed by atoms with Gasteiger partial charge in [-0.25, -0.2) is 0 Å². The SMILES string of the molecule is CCOc1ccc(C2CCCN2C(=O)/C=C/c2cc(OC)c(OC)cc2OC)cc1. The number of benzene rings is 2. The van der Waals surface area contributed by atoms with Crippen molar-refractivity contribution in [1.29, 1.82) is 0 Å². The zero-order valence-corrected chi connectivity index (χ0v) is 18.0. The number of amides is 1. The molecule has 1 heterocycles. The first-order chi connectivity index (χ1) is 14.6. The highest BCUT2D eigenvalue weighted by molar-refractivity contribution is 5.92. The molecule has 1 aliphatic heterocycles. The first-order valence-electron chi connectivity index (χ1n) is 10.1. The molecule has 6 heteroatoms. The van der Waals surface area contributed by atoms with E-state index in [4.69, 9.17) is 18.9 Å². The normalized spacial score (nSPS) is 16.0. The van der Waals surface area contributed by atoms with Gasteiger partial charge in [0.05, 0.1) is 34.0 Å². The molecule has 1 unspecified atom stereocenters. The summed E-state index contributed by atoms with van der Waals surface area (Å²) in [6.07, 6.45) is 5.29. The molecule has 0 aliphatic carbocycles.